The van der Waals surface area contributed by atoms with Crippen LogP contribution in [0.1, 0.15) is 31.7 Å². The predicted octanol–water partition coefficient (Wildman–Crippen LogP) is 4.07. The molecule has 3 rings (SSSR count). The van der Waals surface area contributed by atoms with E-state index in [1.807, 2.05) is 0 Å². The maximum atomic E-state index is 11.0. The standard InChI is InChI=1S/C14H17Cl2N3O.C3H4N2/c1-2-3-6-14(20,8-19-10-17-9-18-19)12-5-4-11(15)7-13(12)16;1-2-5-3-4-1/h4-5,7,9-10,20H,2-3,6,8H2,1H3;1-3H,(H,4,5). The largest absolute Gasteiger partial charge is 0.383 e. The Hall–Kier alpha value is -1.89. The van der Waals surface area contributed by atoms with Crippen LogP contribution < -0.4 is 0 Å². The van der Waals surface area contributed by atoms with Gasteiger partial charge in [0.2, 0.25) is 0 Å². The zero-order chi connectivity index (χ0) is 18.1. The van der Waals surface area contributed by atoms with Crippen LogP contribution in [-0.2, 0) is 12.1 Å². The Morgan fingerprint density at radius 1 is 1.28 bits per heavy atom. The summed E-state index contributed by atoms with van der Waals surface area (Å²) >= 11 is 12.2. The van der Waals surface area contributed by atoms with E-state index in [0.717, 1.165) is 12.8 Å². The number of H-pyrrole nitrogens is 1. The smallest absolute Gasteiger partial charge is 0.137 e. The number of hydrogen-bond acceptors (Lipinski definition) is 4. The van der Waals surface area contributed by atoms with Gasteiger partial charge in [-0.15, -0.1) is 0 Å². The lowest BCUT2D eigenvalue weighted by molar-refractivity contribution is 0.00429. The highest BCUT2D eigenvalue weighted by molar-refractivity contribution is 6.35. The van der Waals surface area contributed by atoms with Crippen molar-refractivity contribution in [2.24, 2.45) is 0 Å². The normalized spacial score (nSPS) is 13.0. The first-order chi connectivity index (χ1) is 12.0. The van der Waals surface area contributed by atoms with E-state index in [4.69, 9.17) is 23.2 Å². The van der Waals surface area contributed by atoms with E-state index in [9.17, 15) is 5.11 Å². The molecule has 1 atom stereocenters. The minimum atomic E-state index is -1.08. The number of halogens is 2. The second-order valence-electron chi connectivity index (χ2n) is 5.61. The fourth-order valence-corrected chi connectivity index (χ4v) is 3.02. The molecule has 2 heterocycles. The molecule has 25 heavy (non-hydrogen) atoms. The minimum absolute atomic E-state index is 0.314. The van der Waals surface area contributed by atoms with Crippen molar-refractivity contribution in [3.05, 3.63) is 65.2 Å². The molecular formula is C17H21Cl2N5O. The quantitative estimate of drug-likeness (QED) is 0.674. The van der Waals surface area contributed by atoms with Gasteiger partial charge in [0.25, 0.3) is 0 Å². The number of aliphatic hydroxyl groups is 1. The monoisotopic (exact) mass is 381 g/mol. The van der Waals surface area contributed by atoms with E-state index in [1.54, 1.807) is 47.9 Å². The minimum Gasteiger partial charge on any atom is -0.383 e. The molecule has 3 aromatic rings. The van der Waals surface area contributed by atoms with Crippen LogP contribution in [0.25, 0.3) is 0 Å². The zero-order valence-electron chi connectivity index (χ0n) is 13.9. The zero-order valence-corrected chi connectivity index (χ0v) is 15.5. The van der Waals surface area contributed by atoms with Crippen LogP contribution in [0.3, 0.4) is 0 Å². The van der Waals surface area contributed by atoms with E-state index in [0.29, 0.717) is 28.6 Å². The maximum absolute atomic E-state index is 11.0. The van der Waals surface area contributed by atoms with Crippen LogP contribution in [0.5, 0.6) is 0 Å². The average Bonchev–Trinajstić information content (AvgIpc) is 3.29. The van der Waals surface area contributed by atoms with Gasteiger partial charge in [-0.3, -0.25) is 0 Å². The van der Waals surface area contributed by atoms with Crippen molar-refractivity contribution in [1.29, 1.82) is 0 Å². The number of imidazole rings is 1. The van der Waals surface area contributed by atoms with Gasteiger partial charge in [-0.25, -0.2) is 14.6 Å². The van der Waals surface area contributed by atoms with Crippen LogP contribution in [-0.4, -0.2) is 29.8 Å². The second-order valence-corrected chi connectivity index (χ2v) is 6.46. The number of nitrogens with zero attached hydrogens (tertiary/aromatic N) is 4. The molecule has 1 aromatic carbocycles. The molecular weight excluding hydrogens is 361 g/mol. The second kappa shape index (κ2) is 9.56. The molecule has 0 saturated carbocycles. The first-order valence-electron chi connectivity index (χ1n) is 7.98. The van der Waals surface area contributed by atoms with Crippen LogP contribution in [0.2, 0.25) is 10.0 Å². The molecule has 1 unspecified atom stereocenters. The highest BCUT2D eigenvalue weighted by Crippen LogP contribution is 2.35. The third-order valence-electron chi connectivity index (χ3n) is 3.67. The summed E-state index contributed by atoms with van der Waals surface area (Å²) in [5.41, 5.74) is -0.404. The Bertz CT molecular complexity index is 716. The molecule has 0 aliphatic heterocycles. The lowest BCUT2D eigenvalue weighted by Gasteiger charge is -2.29. The first-order valence-corrected chi connectivity index (χ1v) is 8.74. The molecule has 0 radical (unpaired) electrons. The van der Waals surface area contributed by atoms with Crippen LogP contribution in [0, 0.1) is 0 Å². The first kappa shape index (κ1) is 19.4. The number of aromatic nitrogens is 5. The number of unbranched alkanes of at least 4 members (excludes halogenated alkanes) is 1. The summed E-state index contributed by atoms with van der Waals surface area (Å²) in [5.74, 6) is 0. The molecule has 2 N–H and O–H groups in total. The molecule has 0 aliphatic rings. The number of hydrogen-bond donors (Lipinski definition) is 2. The summed E-state index contributed by atoms with van der Waals surface area (Å²) in [5, 5.41) is 16.1. The lowest BCUT2D eigenvalue weighted by Crippen LogP contribution is -2.32. The van der Waals surface area contributed by atoms with Gasteiger partial charge in [0.15, 0.2) is 0 Å². The van der Waals surface area contributed by atoms with Crippen LogP contribution >= 0.6 is 23.2 Å². The summed E-state index contributed by atoms with van der Waals surface area (Å²) in [7, 11) is 0. The van der Waals surface area contributed by atoms with Gasteiger partial charge in [0, 0.05) is 28.0 Å². The van der Waals surface area contributed by atoms with Gasteiger partial charge in [0.05, 0.1) is 12.9 Å². The van der Waals surface area contributed by atoms with Crippen molar-refractivity contribution in [2.45, 2.75) is 38.3 Å². The molecule has 6 nitrogen and oxygen atoms in total. The fraction of sp³-hybridized carbons (Fsp3) is 0.353. The molecule has 0 saturated heterocycles. The van der Waals surface area contributed by atoms with E-state index in [2.05, 4.69) is 27.0 Å². The molecule has 0 bridgehead atoms. The van der Waals surface area contributed by atoms with Gasteiger partial charge < -0.3 is 10.1 Å². The van der Waals surface area contributed by atoms with E-state index >= 15 is 0 Å². The topological polar surface area (TPSA) is 79.6 Å². The Morgan fingerprint density at radius 2 is 2.12 bits per heavy atom. The van der Waals surface area contributed by atoms with Gasteiger partial charge in [0.1, 0.15) is 18.3 Å². The summed E-state index contributed by atoms with van der Waals surface area (Å²) in [6.07, 6.45) is 10.6. The highest BCUT2D eigenvalue weighted by atomic mass is 35.5. The molecule has 0 spiro atoms. The van der Waals surface area contributed by atoms with Gasteiger partial charge >= 0.3 is 0 Å². The van der Waals surface area contributed by atoms with Crippen molar-refractivity contribution in [3.8, 4) is 0 Å². The third-order valence-corrected chi connectivity index (χ3v) is 4.22. The van der Waals surface area contributed by atoms with Crippen molar-refractivity contribution >= 4 is 23.2 Å². The SMILES string of the molecule is CCCCC(O)(Cn1cncn1)c1ccc(Cl)cc1Cl.c1c[nH]cn1. The number of benzene rings is 1. The van der Waals surface area contributed by atoms with Gasteiger partial charge in [-0.2, -0.15) is 5.10 Å². The maximum Gasteiger partial charge on any atom is 0.137 e. The summed E-state index contributed by atoms with van der Waals surface area (Å²) in [6, 6.07) is 5.16. The van der Waals surface area contributed by atoms with Crippen molar-refractivity contribution in [1.82, 2.24) is 24.7 Å². The molecule has 2 aromatic heterocycles. The van der Waals surface area contributed by atoms with Crippen molar-refractivity contribution in [3.63, 3.8) is 0 Å². The van der Waals surface area contributed by atoms with E-state index in [-0.39, 0.29) is 0 Å². The Balaban J connectivity index is 0.000000386. The number of rotatable bonds is 6. The lowest BCUT2D eigenvalue weighted by atomic mass is 9.88. The summed E-state index contributed by atoms with van der Waals surface area (Å²) in [6.45, 7) is 2.40. The predicted molar refractivity (Wildman–Crippen MR) is 98.5 cm³/mol. The third kappa shape index (κ3) is 5.85. The highest BCUT2D eigenvalue weighted by Gasteiger charge is 2.31. The van der Waals surface area contributed by atoms with E-state index < -0.39 is 5.60 Å². The van der Waals surface area contributed by atoms with Crippen molar-refractivity contribution < 1.29 is 5.11 Å². The Labute approximate surface area is 156 Å². The number of aromatic amines is 1. The molecule has 0 amide bonds. The fourth-order valence-electron chi connectivity index (χ4n) is 2.43. The van der Waals surface area contributed by atoms with Crippen molar-refractivity contribution in [2.75, 3.05) is 0 Å². The molecule has 0 aliphatic carbocycles. The van der Waals surface area contributed by atoms with Crippen LogP contribution in [0.4, 0.5) is 0 Å². The summed E-state index contributed by atoms with van der Waals surface area (Å²) in [4.78, 5) is 10.3. The van der Waals surface area contributed by atoms with Crippen LogP contribution in [0.15, 0.2) is 49.6 Å². The Kier molecular flexibility index (Phi) is 7.43. The average molecular weight is 382 g/mol. The molecule has 134 valence electrons. The van der Waals surface area contributed by atoms with Gasteiger partial charge in [-0.1, -0.05) is 49.0 Å². The molecule has 8 heteroatoms. The molecule has 0 fully saturated rings. The summed E-state index contributed by atoms with van der Waals surface area (Å²) < 4.78 is 1.61. The van der Waals surface area contributed by atoms with E-state index in [1.165, 1.54) is 6.33 Å². The van der Waals surface area contributed by atoms with Gasteiger partial charge in [-0.05, 0) is 18.6 Å². The Morgan fingerprint density at radius 3 is 2.64 bits per heavy atom. The number of nitrogens with one attached hydrogen (secondary N) is 1.